The molecule has 0 radical (unpaired) electrons. The van der Waals surface area contributed by atoms with E-state index in [1.54, 1.807) is 0 Å². The highest BCUT2D eigenvalue weighted by Gasteiger charge is 2.54. The summed E-state index contributed by atoms with van der Waals surface area (Å²) in [4.78, 5) is 26.0. The lowest BCUT2D eigenvalue weighted by Crippen LogP contribution is -2.54. The Balaban J connectivity index is 2.12. The highest BCUT2D eigenvalue weighted by atomic mass is 16.2. The molecule has 1 heterocycles. The van der Waals surface area contributed by atoms with Crippen LogP contribution in [0.2, 0.25) is 0 Å². The van der Waals surface area contributed by atoms with Gasteiger partial charge < -0.3 is 5.32 Å². The number of nitriles is 2. The van der Waals surface area contributed by atoms with Crippen molar-refractivity contribution in [2.45, 2.75) is 51.0 Å². The Kier molecular flexibility index (Phi) is 4.47. The van der Waals surface area contributed by atoms with E-state index < -0.39 is 17.5 Å². The smallest absolute Gasteiger partial charge is 0.323 e. The first kappa shape index (κ1) is 15.3. The molecule has 6 nitrogen and oxygen atoms in total. The van der Waals surface area contributed by atoms with Crippen molar-refractivity contribution in [2.24, 2.45) is 11.8 Å². The van der Waals surface area contributed by atoms with E-state index in [-0.39, 0.29) is 24.8 Å². The predicted octanol–water partition coefficient (Wildman–Crippen LogP) is 1.93. The molecule has 112 valence electrons. The lowest BCUT2D eigenvalue weighted by atomic mass is 9.73. The molecule has 0 aromatic heterocycles. The molecule has 1 spiro atoms. The number of amides is 3. The highest BCUT2D eigenvalue weighted by molar-refractivity contribution is 6.07. The number of nitrogens with zero attached hydrogens (tertiary/aromatic N) is 3. The number of carbonyl (C=O) groups is 2. The van der Waals surface area contributed by atoms with Crippen LogP contribution in [0.3, 0.4) is 0 Å². The second-order valence-corrected chi connectivity index (χ2v) is 5.99. The maximum absolute atomic E-state index is 12.7. The first-order valence-corrected chi connectivity index (χ1v) is 7.46. The molecule has 1 aliphatic carbocycles. The molecule has 0 aromatic carbocycles. The summed E-state index contributed by atoms with van der Waals surface area (Å²) < 4.78 is 0. The summed E-state index contributed by atoms with van der Waals surface area (Å²) in [5.74, 6) is -0.558. The van der Waals surface area contributed by atoms with Crippen LogP contribution in [0.4, 0.5) is 4.79 Å². The summed E-state index contributed by atoms with van der Waals surface area (Å²) in [7, 11) is 0. The Morgan fingerprint density at radius 2 is 2.19 bits per heavy atom. The average molecular weight is 288 g/mol. The lowest BCUT2D eigenvalue weighted by molar-refractivity contribution is -0.134. The zero-order valence-electron chi connectivity index (χ0n) is 12.3. The van der Waals surface area contributed by atoms with Crippen LogP contribution in [-0.2, 0) is 4.79 Å². The molecule has 2 aliphatic rings. The van der Waals surface area contributed by atoms with Crippen LogP contribution in [0.1, 0.15) is 45.4 Å². The van der Waals surface area contributed by atoms with Crippen molar-refractivity contribution in [3.05, 3.63) is 0 Å². The normalized spacial score (nSPS) is 29.9. The Labute approximate surface area is 124 Å². The van der Waals surface area contributed by atoms with Gasteiger partial charge in [-0.05, 0) is 25.2 Å². The van der Waals surface area contributed by atoms with E-state index in [4.69, 9.17) is 10.5 Å². The maximum atomic E-state index is 12.7. The molecule has 1 N–H and O–H groups in total. The number of hydrogen-bond donors (Lipinski definition) is 1. The fraction of sp³-hybridized carbons (Fsp3) is 0.733. The third kappa shape index (κ3) is 2.71. The molecule has 6 heteroatoms. The number of rotatable bonds is 4. The molecule has 1 aliphatic heterocycles. The lowest BCUT2D eigenvalue weighted by Gasteiger charge is -2.36. The van der Waals surface area contributed by atoms with E-state index in [9.17, 15) is 9.59 Å². The summed E-state index contributed by atoms with van der Waals surface area (Å²) in [6.07, 6.45) is 4.24. The Bertz CT molecular complexity index is 519. The minimum Gasteiger partial charge on any atom is -0.323 e. The molecule has 21 heavy (non-hydrogen) atoms. The van der Waals surface area contributed by atoms with E-state index >= 15 is 0 Å². The van der Waals surface area contributed by atoms with Crippen LogP contribution in [0.25, 0.3) is 0 Å². The molecule has 3 atom stereocenters. The van der Waals surface area contributed by atoms with Gasteiger partial charge in [-0.1, -0.05) is 19.8 Å². The van der Waals surface area contributed by atoms with Gasteiger partial charge >= 0.3 is 6.03 Å². The molecule has 0 bridgehead atoms. The van der Waals surface area contributed by atoms with Crippen molar-refractivity contribution in [3.63, 3.8) is 0 Å². The molecule has 0 unspecified atom stereocenters. The minimum atomic E-state index is -0.773. The zero-order valence-corrected chi connectivity index (χ0v) is 12.3. The molecular weight excluding hydrogens is 268 g/mol. The van der Waals surface area contributed by atoms with Gasteiger partial charge in [-0.2, -0.15) is 10.5 Å². The van der Waals surface area contributed by atoms with E-state index in [0.717, 1.165) is 19.3 Å². The average Bonchev–Trinajstić information content (AvgIpc) is 2.71. The Morgan fingerprint density at radius 1 is 1.43 bits per heavy atom. The fourth-order valence-corrected chi connectivity index (χ4v) is 3.32. The van der Waals surface area contributed by atoms with E-state index in [0.29, 0.717) is 12.8 Å². The summed E-state index contributed by atoms with van der Waals surface area (Å²) >= 11 is 0. The largest absolute Gasteiger partial charge is 0.325 e. The summed E-state index contributed by atoms with van der Waals surface area (Å²) in [5.41, 5.74) is -0.773. The Morgan fingerprint density at radius 3 is 2.81 bits per heavy atom. The van der Waals surface area contributed by atoms with Gasteiger partial charge in [-0.15, -0.1) is 0 Å². The van der Waals surface area contributed by atoms with Crippen molar-refractivity contribution in [3.8, 4) is 12.1 Å². The van der Waals surface area contributed by atoms with Crippen LogP contribution < -0.4 is 5.32 Å². The van der Waals surface area contributed by atoms with Crippen molar-refractivity contribution in [1.29, 1.82) is 10.5 Å². The topological polar surface area (TPSA) is 97.0 Å². The van der Waals surface area contributed by atoms with Gasteiger partial charge in [0.25, 0.3) is 5.91 Å². The van der Waals surface area contributed by atoms with E-state index in [2.05, 4.69) is 11.4 Å². The highest BCUT2D eigenvalue weighted by Crippen LogP contribution is 2.38. The van der Waals surface area contributed by atoms with Gasteiger partial charge in [0.1, 0.15) is 5.54 Å². The molecule has 2 rings (SSSR count). The van der Waals surface area contributed by atoms with Crippen LogP contribution in [0, 0.1) is 34.5 Å². The summed E-state index contributed by atoms with van der Waals surface area (Å²) in [5, 5.41) is 20.6. The third-order valence-electron chi connectivity index (χ3n) is 4.69. The number of hydrogen-bond acceptors (Lipinski definition) is 4. The first-order valence-electron chi connectivity index (χ1n) is 7.46. The van der Waals surface area contributed by atoms with Crippen LogP contribution in [0.15, 0.2) is 0 Å². The molecule has 1 saturated heterocycles. The standard InChI is InChI=1S/C15H20N4O2/c1-11-5-2-3-7-15(11)13(20)19(14(21)18-15)10-12(9-17)6-4-8-16/h11-12H,2-7,10H2,1H3,(H,18,21)/t11-,12+,15+/m1/s1. The van der Waals surface area contributed by atoms with Gasteiger partial charge in [0.15, 0.2) is 0 Å². The molecule has 0 aromatic rings. The minimum absolute atomic E-state index is 0.0807. The first-order chi connectivity index (χ1) is 10.0. The van der Waals surface area contributed by atoms with Crippen LogP contribution in [0.5, 0.6) is 0 Å². The van der Waals surface area contributed by atoms with Crippen molar-refractivity contribution in [2.75, 3.05) is 6.54 Å². The van der Waals surface area contributed by atoms with Crippen molar-refractivity contribution >= 4 is 11.9 Å². The number of urea groups is 1. The van der Waals surface area contributed by atoms with Gasteiger partial charge in [0.2, 0.25) is 0 Å². The van der Waals surface area contributed by atoms with Crippen molar-refractivity contribution < 1.29 is 9.59 Å². The number of carbonyl (C=O) groups excluding carboxylic acids is 2. The Hall–Kier alpha value is -2.08. The second-order valence-electron chi connectivity index (χ2n) is 5.99. The predicted molar refractivity (Wildman–Crippen MR) is 74.6 cm³/mol. The van der Waals surface area contributed by atoms with Crippen molar-refractivity contribution in [1.82, 2.24) is 10.2 Å². The van der Waals surface area contributed by atoms with E-state index in [1.807, 2.05) is 13.0 Å². The molecule has 2 fully saturated rings. The van der Waals surface area contributed by atoms with E-state index in [1.165, 1.54) is 4.90 Å². The molecule has 1 saturated carbocycles. The van der Waals surface area contributed by atoms with Gasteiger partial charge in [-0.3, -0.25) is 9.69 Å². The molecular formula is C15H20N4O2. The summed E-state index contributed by atoms with van der Waals surface area (Å²) in [6, 6.07) is 3.67. The maximum Gasteiger partial charge on any atom is 0.325 e. The summed E-state index contributed by atoms with van der Waals surface area (Å²) in [6.45, 7) is 2.08. The van der Waals surface area contributed by atoms with Crippen LogP contribution in [-0.4, -0.2) is 28.9 Å². The van der Waals surface area contributed by atoms with Gasteiger partial charge in [0, 0.05) is 13.0 Å². The quantitative estimate of drug-likeness (QED) is 0.799. The van der Waals surface area contributed by atoms with Crippen LogP contribution >= 0.6 is 0 Å². The molecule has 3 amide bonds. The SMILES string of the molecule is C[C@@H]1CCCC[C@]12NC(=O)N(C[C@H](C#N)CCC#N)C2=O. The third-order valence-corrected chi connectivity index (χ3v) is 4.69. The second kappa shape index (κ2) is 6.13. The fourth-order valence-electron chi connectivity index (χ4n) is 3.32. The van der Waals surface area contributed by atoms with Gasteiger partial charge in [-0.25, -0.2) is 4.79 Å². The van der Waals surface area contributed by atoms with Gasteiger partial charge in [0.05, 0.1) is 18.1 Å². The number of imide groups is 1. The zero-order chi connectivity index (χ0) is 15.5. The monoisotopic (exact) mass is 288 g/mol. The number of nitrogens with one attached hydrogen (secondary N) is 1.